The van der Waals surface area contributed by atoms with E-state index in [9.17, 15) is 4.79 Å². The van der Waals surface area contributed by atoms with Crippen LogP contribution in [-0.2, 0) is 4.79 Å². The van der Waals surface area contributed by atoms with Crippen molar-refractivity contribution in [3.05, 3.63) is 0 Å². The summed E-state index contributed by atoms with van der Waals surface area (Å²) in [7, 11) is 0. The van der Waals surface area contributed by atoms with Crippen LogP contribution in [0.25, 0.3) is 0 Å². The topological polar surface area (TPSA) is 40.5 Å². The Morgan fingerprint density at radius 1 is 1.54 bits per heavy atom. The third kappa shape index (κ3) is 2.69. The van der Waals surface area contributed by atoms with Crippen LogP contribution < -0.4 is 0 Å². The first-order chi connectivity index (χ1) is 6.00. The van der Waals surface area contributed by atoms with Crippen LogP contribution in [-0.4, -0.2) is 35.6 Å². The molecule has 0 aliphatic carbocycles. The molecule has 0 aromatic carbocycles. The van der Waals surface area contributed by atoms with Crippen LogP contribution in [0.1, 0.15) is 20.8 Å². The molecule has 3 heteroatoms. The third-order valence-corrected chi connectivity index (χ3v) is 2.63. The molecule has 3 nitrogen and oxygen atoms in total. The molecule has 0 unspecified atom stereocenters. The van der Waals surface area contributed by atoms with E-state index in [4.69, 9.17) is 5.11 Å². The summed E-state index contributed by atoms with van der Waals surface area (Å²) in [6.45, 7) is 9.05. The molecule has 1 N–H and O–H groups in total. The zero-order valence-corrected chi connectivity index (χ0v) is 8.66. The summed E-state index contributed by atoms with van der Waals surface area (Å²) in [5.74, 6) is 0.133. The molecule has 1 fully saturated rings. The molecule has 1 rings (SSSR count). The van der Waals surface area contributed by atoms with Gasteiger partial charge in [-0.2, -0.15) is 0 Å². The first kappa shape index (κ1) is 10.5. The molecule has 13 heavy (non-hydrogen) atoms. The average Bonchev–Trinajstić information content (AvgIpc) is 2.29. The minimum atomic E-state index is -0.640. The van der Waals surface area contributed by atoms with E-state index in [1.807, 2.05) is 6.92 Å². The Morgan fingerprint density at radius 2 is 2.15 bits per heavy atom. The predicted molar refractivity (Wildman–Crippen MR) is 51.6 cm³/mol. The van der Waals surface area contributed by atoms with Gasteiger partial charge < -0.3 is 10.0 Å². The van der Waals surface area contributed by atoms with E-state index in [1.54, 1.807) is 0 Å². The van der Waals surface area contributed by atoms with Crippen molar-refractivity contribution >= 4 is 5.97 Å². The summed E-state index contributed by atoms with van der Waals surface area (Å²) in [4.78, 5) is 13.1. The van der Waals surface area contributed by atoms with Gasteiger partial charge >= 0.3 is 5.97 Å². The van der Waals surface area contributed by atoms with Gasteiger partial charge in [0.05, 0.1) is 5.92 Å². The van der Waals surface area contributed by atoms with Gasteiger partial charge in [-0.25, -0.2) is 0 Å². The second kappa shape index (κ2) is 4.09. The maximum Gasteiger partial charge on any atom is 0.308 e. The van der Waals surface area contributed by atoms with Crippen molar-refractivity contribution in [2.24, 2.45) is 17.8 Å². The predicted octanol–water partition coefficient (Wildman–Crippen LogP) is 1.29. The quantitative estimate of drug-likeness (QED) is 0.720. The number of carboxylic acids is 1. The fraction of sp³-hybridized carbons (Fsp3) is 0.900. The lowest BCUT2D eigenvalue weighted by Gasteiger charge is -2.17. The van der Waals surface area contributed by atoms with Crippen LogP contribution in [0.3, 0.4) is 0 Å². The van der Waals surface area contributed by atoms with Crippen LogP contribution in [0.5, 0.6) is 0 Å². The van der Waals surface area contributed by atoms with Gasteiger partial charge in [-0.3, -0.25) is 4.79 Å². The highest BCUT2D eigenvalue weighted by Crippen LogP contribution is 2.23. The third-order valence-electron chi connectivity index (χ3n) is 2.63. The number of nitrogens with zero attached hydrogens (tertiary/aromatic N) is 1. The van der Waals surface area contributed by atoms with E-state index >= 15 is 0 Å². The Hall–Kier alpha value is -0.570. The largest absolute Gasteiger partial charge is 0.481 e. The first-order valence-corrected chi connectivity index (χ1v) is 4.96. The normalized spacial score (nSPS) is 29.8. The molecular formula is C10H19NO2. The average molecular weight is 185 g/mol. The number of aliphatic carboxylic acids is 1. The Bertz CT molecular complexity index is 191. The SMILES string of the molecule is CC(C)CN1C[C@@H](C)[C@H](C(=O)O)C1. The van der Waals surface area contributed by atoms with Crippen LogP contribution in [0.4, 0.5) is 0 Å². The second-order valence-corrected chi connectivity index (χ2v) is 4.53. The summed E-state index contributed by atoms with van der Waals surface area (Å²) in [5, 5.41) is 8.91. The molecule has 0 aromatic rings. The molecule has 0 radical (unpaired) electrons. The van der Waals surface area contributed by atoms with Gasteiger partial charge in [0.25, 0.3) is 0 Å². The number of carboxylic acid groups (broad SMARTS) is 1. The van der Waals surface area contributed by atoms with E-state index < -0.39 is 5.97 Å². The zero-order chi connectivity index (χ0) is 10.0. The minimum absolute atomic E-state index is 0.154. The van der Waals surface area contributed by atoms with Crippen molar-refractivity contribution in [1.82, 2.24) is 4.90 Å². The molecular weight excluding hydrogens is 166 g/mol. The van der Waals surface area contributed by atoms with E-state index in [0.29, 0.717) is 11.8 Å². The molecule has 1 aliphatic heterocycles. The fourth-order valence-corrected chi connectivity index (χ4v) is 2.05. The summed E-state index contributed by atoms with van der Waals surface area (Å²) in [6.07, 6.45) is 0. The molecule has 1 saturated heterocycles. The maximum absolute atomic E-state index is 10.8. The fourth-order valence-electron chi connectivity index (χ4n) is 2.05. The minimum Gasteiger partial charge on any atom is -0.481 e. The molecule has 2 atom stereocenters. The smallest absolute Gasteiger partial charge is 0.308 e. The lowest BCUT2D eigenvalue weighted by molar-refractivity contribution is -0.142. The van der Waals surface area contributed by atoms with Crippen molar-refractivity contribution in [2.75, 3.05) is 19.6 Å². The number of carbonyl (C=O) groups is 1. The molecule has 1 aliphatic rings. The van der Waals surface area contributed by atoms with Gasteiger partial charge in [-0.15, -0.1) is 0 Å². The molecule has 0 bridgehead atoms. The summed E-state index contributed by atoms with van der Waals surface area (Å²) in [6, 6.07) is 0. The monoisotopic (exact) mass is 185 g/mol. The highest BCUT2D eigenvalue weighted by atomic mass is 16.4. The Labute approximate surface area is 79.7 Å². The zero-order valence-electron chi connectivity index (χ0n) is 8.66. The van der Waals surface area contributed by atoms with Crippen LogP contribution in [0.15, 0.2) is 0 Å². The second-order valence-electron chi connectivity index (χ2n) is 4.53. The number of rotatable bonds is 3. The summed E-state index contributed by atoms with van der Waals surface area (Å²) >= 11 is 0. The maximum atomic E-state index is 10.8. The van der Waals surface area contributed by atoms with Crippen molar-refractivity contribution in [3.63, 3.8) is 0 Å². The van der Waals surface area contributed by atoms with Gasteiger partial charge in [0, 0.05) is 19.6 Å². The van der Waals surface area contributed by atoms with Gasteiger partial charge in [-0.05, 0) is 11.8 Å². The van der Waals surface area contributed by atoms with Gasteiger partial charge in [0.1, 0.15) is 0 Å². The van der Waals surface area contributed by atoms with Crippen molar-refractivity contribution < 1.29 is 9.90 Å². The Morgan fingerprint density at radius 3 is 2.54 bits per heavy atom. The molecule has 0 aromatic heterocycles. The Kier molecular flexibility index (Phi) is 3.31. The number of likely N-dealkylation sites (tertiary alicyclic amines) is 1. The van der Waals surface area contributed by atoms with Crippen LogP contribution in [0, 0.1) is 17.8 Å². The highest BCUT2D eigenvalue weighted by Gasteiger charge is 2.34. The molecule has 0 saturated carbocycles. The lowest BCUT2D eigenvalue weighted by Crippen LogP contribution is -2.26. The highest BCUT2D eigenvalue weighted by molar-refractivity contribution is 5.71. The Balaban J connectivity index is 2.45. The van der Waals surface area contributed by atoms with E-state index in [-0.39, 0.29) is 5.92 Å². The molecule has 76 valence electrons. The van der Waals surface area contributed by atoms with E-state index in [0.717, 1.165) is 19.6 Å². The standard InChI is InChI=1S/C10H19NO2/c1-7(2)4-11-5-8(3)9(6-11)10(12)13/h7-9H,4-6H2,1-3H3,(H,12,13)/t8-,9-/m1/s1. The summed E-state index contributed by atoms with van der Waals surface area (Å²) < 4.78 is 0. The number of hydrogen-bond acceptors (Lipinski definition) is 2. The molecule has 1 heterocycles. The van der Waals surface area contributed by atoms with Gasteiger partial charge in [-0.1, -0.05) is 20.8 Å². The lowest BCUT2D eigenvalue weighted by atomic mass is 9.99. The first-order valence-electron chi connectivity index (χ1n) is 4.96. The van der Waals surface area contributed by atoms with Crippen LogP contribution in [0.2, 0.25) is 0 Å². The van der Waals surface area contributed by atoms with E-state index in [1.165, 1.54) is 0 Å². The summed E-state index contributed by atoms with van der Waals surface area (Å²) in [5.41, 5.74) is 0. The van der Waals surface area contributed by atoms with Crippen molar-refractivity contribution in [2.45, 2.75) is 20.8 Å². The van der Waals surface area contributed by atoms with Gasteiger partial charge in [0.2, 0.25) is 0 Å². The van der Waals surface area contributed by atoms with Gasteiger partial charge in [0.15, 0.2) is 0 Å². The van der Waals surface area contributed by atoms with Crippen molar-refractivity contribution in [1.29, 1.82) is 0 Å². The molecule has 0 spiro atoms. The van der Waals surface area contributed by atoms with Crippen LogP contribution >= 0.6 is 0 Å². The van der Waals surface area contributed by atoms with Crippen molar-refractivity contribution in [3.8, 4) is 0 Å². The van der Waals surface area contributed by atoms with E-state index in [2.05, 4.69) is 18.7 Å². The molecule has 0 amide bonds. The number of hydrogen-bond donors (Lipinski definition) is 1.